The molecule has 4 aromatic rings. The highest BCUT2D eigenvalue weighted by Crippen LogP contribution is 2.36. The molecule has 1 N–H and O–H groups in total. The van der Waals surface area contributed by atoms with Gasteiger partial charge < -0.3 is 10.1 Å². The van der Waals surface area contributed by atoms with Crippen molar-refractivity contribution in [2.24, 2.45) is 5.92 Å². The molecule has 0 aliphatic heterocycles. The van der Waals surface area contributed by atoms with E-state index in [4.69, 9.17) is 4.74 Å². The third-order valence-corrected chi connectivity index (χ3v) is 4.98. The maximum atomic E-state index is 13.5. The van der Waals surface area contributed by atoms with Crippen molar-refractivity contribution in [3.8, 4) is 11.4 Å². The monoisotopic (exact) mass is 522 g/mol. The van der Waals surface area contributed by atoms with Crippen LogP contribution in [-0.4, -0.2) is 31.5 Å². The molecule has 0 aromatic carbocycles. The standard InChI is InChI=1S/C24H20F6N6O/c1-13(2)11-37-12-19-35-21-15(22(36-19)34-18-8-5-14(10-32-18)23(25,26)27)6-7-17(33-21)20-16(24(28,29)30)4-3-9-31-20/h3-10,13H,11-12H2,1-2H3,(H,32,33,34,35,36). The Kier molecular flexibility index (Phi) is 7.25. The van der Waals surface area contributed by atoms with Crippen LogP contribution in [0.5, 0.6) is 0 Å². The second-order valence-electron chi connectivity index (χ2n) is 8.42. The third kappa shape index (κ3) is 6.28. The maximum absolute atomic E-state index is 13.5. The number of ether oxygens (including phenoxy) is 1. The lowest BCUT2D eigenvalue weighted by Gasteiger charge is -2.14. The first-order chi connectivity index (χ1) is 17.4. The van der Waals surface area contributed by atoms with Crippen LogP contribution in [0, 0.1) is 5.92 Å². The van der Waals surface area contributed by atoms with Gasteiger partial charge in [0.15, 0.2) is 11.5 Å². The molecular formula is C24H20F6N6O. The molecule has 0 atom stereocenters. The first-order valence-corrected chi connectivity index (χ1v) is 11.0. The predicted molar refractivity (Wildman–Crippen MR) is 123 cm³/mol. The minimum Gasteiger partial charge on any atom is -0.373 e. The summed E-state index contributed by atoms with van der Waals surface area (Å²) < 4.78 is 84.8. The van der Waals surface area contributed by atoms with Crippen LogP contribution in [0.15, 0.2) is 48.8 Å². The lowest BCUT2D eigenvalue weighted by molar-refractivity contribution is -0.138. The molecule has 194 valence electrons. The van der Waals surface area contributed by atoms with Crippen LogP contribution in [0.4, 0.5) is 38.0 Å². The van der Waals surface area contributed by atoms with Crippen LogP contribution in [0.1, 0.15) is 30.8 Å². The van der Waals surface area contributed by atoms with Crippen LogP contribution in [0.25, 0.3) is 22.4 Å². The molecule has 4 aromatic heterocycles. The molecular weight excluding hydrogens is 502 g/mol. The number of hydrogen-bond donors (Lipinski definition) is 1. The molecule has 7 nitrogen and oxygen atoms in total. The Hall–Kier alpha value is -3.87. The number of alkyl halides is 6. The van der Waals surface area contributed by atoms with Gasteiger partial charge in [0, 0.05) is 19.0 Å². The highest BCUT2D eigenvalue weighted by atomic mass is 19.4. The molecule has 13 heteroatoms. The van der Waals surface area contributed by atoms with Crippen molar-refractivity contribution in [2.75, 3.05) is 11.9 Å². The smallest absolute Gasteiger partial charge is 0.373 e. The Balaban J connectivity index is 1.77. The Morgan fingerprint density at radius 3 is 2.32 bits per heavy atom. The fraction of sp³-hybridized carbons (Fsp3) is 0.292. The first kappa shape index (κ1) is 26.2. The van der Waals surface area contributed by atoms with Gasteiger partial charge in [0.05, 0.1) is 22.2 Å². The molecule has 0 aliphatic carbocycles. The quantitative estimate of drug-likeness (QED) is 0.280. The highest BCUT2D eigenvalue weighted by Gasteiger charge is 2.35. The van der Waals surface area contributed by atoms with Gasteiger partial charge in [0.1, 0.15) is 23.9 Å². The average molecular weight is 522 g/mol. The summed E-state index contributed by atoms with van der Waals surface area (Å²) in [6.07, 6.45) is -7.29. The molecule has 0 saturated carbocycles. The summed E-state index contributed by atoms with van der Waals surface area (Å²) in [6.45, 7) is 4.28. The SMILES string of the molecule is CC(C)COCc1nc(Nc2ccc(C(F)(F)F)cn2)c2ccc(-c3ncccc3C(F)(F)F)nc2n1. The zero-order chi connectivity index (χ0) is 26.8. The molecule has 0 radical (unpaired) electrons. The van der Waals surface area contributed by atoms with E-state index in [1.807, 2.05) is 13.8 Å². The minimum atomic E-state index is -4.65. The van der Waals surface area contributed by atoms with Gasteiger partial charge in [-0.3, -0.25) is 4.98 Å². The number of halogens is 6. The summed E-state index contributed by atoms with van der Waals surface area (Å²) >= 11 is 0. The number of pyridine rings is 3. The van der Waals surface area contributed by atoms with Gasteiger partial charge in [-0.2, -0.15) is 26.3 Å². The number of nitrogens with one attached hydrogen (secondary N) is 1. The zero-order valence-electron chi connectivity index (χ0n) is 19.5. The molecule has 0 fully saturated rings. The Labute approximate surface area is 207 Å². The van der Waals surface area contributed by atoms with Gasteiger partial charge in [-0.1, -0.05) is 13.8 Å². The molecule has 0 amide bonds. The summed E-state index contributed by atoms with van der Waals surface area (Å²) in [7, 11) is 0. The minimum absolute atomic E-state index is 0.0213. The number of nitrogens with zero attached hydrogens (tertiary/aromatic N) is 5. The number of hydrogen-bond acceptors (Lipinski definition) is 7. The number of rotatable bonds is 7. The van der Waals surface area contributed by atoms with Gasteiger partial charge in [-0.05, 0) is 42.3 Å². The van der Waals surface area contributed by atoms with E-state index in [1.165, 1.54) is 24.4 Å². The normalized spacial score (nSPS) is 12.4. The van der Waals surface area contributed by atoms with Gasteiger partial charge in [0.25, 0.3) is 0 Å². The van der Waals surface area contributed by atoms with Crippen LogP contribution < -0.4 is 5.32 Å². The van der Waals surface area contributed by atoms with E-state index in [2.05, 4.69) is 30.2 Å². The van der Waals surface area contributed by atoms with Crippen molar-refractivity contribution in [1.29, 1.82) is 0 Å². The molecule has 0 spiro atoms. The largest absolute Gasteiger partial charge is 0.418 e. The van der Waals surface area contributed by atoms with Gasteiger partial charge in [-0.15, -0.1) is 0 Å². The molecule has 0 unspecified atom stereocenters. The van der Waals surface area contributed by atoms with Crippen LogP contribution in [0.2, 0.25) is 0 Å². The highest BCUT2D eigenvalue weighted by molar-refractivity contribution is 5.89. The van der Waals surface area contributed by atoms with Crippen LogP contribution in [-0.2, 0) is 23.7 Å². The molecule has 0 aliphatic rings. The second-order valence-corrected chi connectivity index (χ2v) is 8.42. The molecule has 4 heterocycles. The van der Waals surface area contributed by atoms with Crippen molar-refractivity contribution in [3.63, 3.8) is 0 Å². The molecule has 37 heavy (non-hydrogen) atoms. The fourth-order valence-corrected chi connectivity index (χ4v) is 3.33. The summed E-state index contributed by atoms with van der Waals surface area (Å²) in [5, 5.41) is 3.15. The molecule has 0 bridgehead atoms. The maximum Gasteiger partial charge on any atom is 0.418 e. The lowest BCUT2D eigenvalue weighted by Crippen LogP contribution is -2.10. The predicted octanol–water partition coefficient (Wildman–Crippen LogP) is 6.44. The second kappa shape index (κ2) is 10.2. The average Bonchev–Trinajstić information content (AvgIpc) is 2.83. The van der Waals surface area contributed by atoms with E-state index in [9.17, 15) is 26.3 Å². The van der Waals surface area contributed by atoms with E-state index < -0.39 is 23.5 Å². The molecule has 0 saturated heterocycles. The van der Waals surface area contributed by atoms with Crippen LogP contribution in [0.3, 0.4) is 0 Å². The van der Waals surface area contributed by atoms with Crippen molar-refractivity contribution in [3.05, 3.63) is 65.7 Å². The first-order valence-electron chi connectivity index (χ1n) is 11.0. The van der Waals surface area contributed by atoms with E-state index >= 15 is 0 Å². The lowest BCUT2D eigenvalue weighted by atomic mass is 10.1. The van der Waals surface area contributed by atoms with Gasteiger partial charge in [0.2, 0.25) is 0 Å². The van der Waals surface area contributed by atoms with Gasteiger partial charge >= 0.3 is 12.4 Å². The van der Waals surface area contributed by atoms with Crippen LogP contribution >= 0.6 is 0 Å². The number of anilines is 2. The van der Waals surface area contributed by atoms with E-state index in [0.717, 1.165) is 18.2 Å². The molecule has 4 rings (SSSR count). The Morgan fingerprint density at radius 1 is 0.892 bits per heavy atom. The number of aromatic nitrogens is 5. The fourth-order valence-electron chi connectivity index (χ4n) is 3.33. The topological polar surface area (TPSA) is 85.7 Å². The zero-order valence-corrected chi connectivity index (χ0v) is 19.5. The number of fused-ring (bicyclic) bond motifs is 1. The third-order valence-electron chi connectivity index (χ3n) is 4.98. The van der Waals surface area contributed by atoms with Crippen molar-refractivity contribution < 1.29 is 31.1 Å². The summed E-state index contributed by atoms with van der Waals surface area (Å²) in [5.74, 6) is 0.611. The summed E-state index contributed by atoms with van der Waals surface area (Å²) in [5.41, 5.74) is -2.26. The van der Waals surface area contributed by atoms with Gasteiger partial charge in [-0.25, -0.2) is 19.9 Å². The van der Waals surface area contributed by atoms with Crippen molar-refractivity contribution >= 4 is 22.7 Å². The van der Waals surface area contributed by atoms with Crippen molar-refractivity contribution in [2.45, 2.75) is 32.8 Å². The summed E-state index contributed by atoms with van der Waals surface area (Å²) in [4.78, 5) is 20.7. The Morgan fingerprint density at radius 2 is 1.68 bits per heavy atom. The Bertz CT molecular complexity index is 1390. The van der Waals surface area contributed by atoms with E-state index in [1.54, 1.807) is 0 Å². The van der Waals surface area contributed by atoms with Crippen molar-refractivity contribution in [1.82, 2.24) is 24.9 Å². The summed E-state index contributed by atoms with van der Waals surface area (Å²) in [6, 6.07) is 6.88. The van der Waals surface area contributed by atoms with E-state index in [-0.39, 0.29) is 47.0 Å². The van der Waals surface area contributed by atoms with E-state index in [0.29, 0.717) is 18.2 Å².